The molecule has 0 spiro atoms. The van der Waals surface area contributed by atoms with Gasteiger partial charge in [0.05, 0.1) is 15.7 Å². The summed E-state index contributed by atoms with van der Waals surface area (Å²) in [6, 6.07) is 17.1. The maximum absolute atomic E-state index is 6.22. The lowest BCUT2D eigenvalue weighted by molar-refractivity contribution is 1.02. The standard InChI is InChI=1S/C18H16Cl2N4/c1-12-11-16(22-17-14(19)9-6-10-15(17)20)23-18(21-12)24(2)13-7-4-3-5-8-13/h3-11H,1-2H3,(H,21,22,23). The van der Waals surface area contributed by atoms with Crippen molar-refractivity contribution in [3.63, 3.8) is 0 Å². The Balaban J connectivity index is 1.95. The SMILES string of the molecule is Cc1cc(Nc2c(Cl)cccc2Cl)nc(N(C)c2ccccc2)n1. The zero-order valence-corrected chi connectivity index (χ0v) is 14.8. The molecule has 6 heteroatoms. The first-order valence-corrected chi connectivity index (χ1v) is 8.15. The average Bonchev–Trinajstić information content (AvgIpc) is 2.58. The Morgan fingerprint density at radius 1 is 0.917 bits per heavy atom. The normalized spacial score (nSPS) is 10.5. The highest BCUT2D eigenvalue weighted by molar-refractivity contribution is 6.39. The van der Waals surface area contributed by atoms with Crippen molar-refractivity contribution >= 4 is 46.3 Å². The molecule has 0 saturated carbocycles. The van der Waals surface area contributed by atoms with Gasteiger partial charge >= 0.3 is 0 Å². The molecular formula is C18H16Cl2N4. The van der Waals surface area contributed by atoms with Gasteiger partial charge in [0.2, 0.25) is 5.95 Å². The largest absolute Gasteiger partial charge is 0.338 e. The van der Waals surface area contributed by atoms with Crippen LogP contribution in [0.5, 0.6) is 0 Å². The number of nitrogens with one attached hydrogen (secondary N) is 1. The predicted octanol–water partition coefficient (Wildman–Crippen LogP) is 5.60. The predicted molar refractivity (Wildman–Crippen MR) is 101 cm³/mol. The van der Waals surface area contributed by atoms with Crippen LogP contribution in [0.15, 0.2) is 54.6 Å². The third kappa shape index (κ3) is 3.61. The van der Waals surface area contributed by atoms with E-state index in [1.54, 1.807) is 18.2 Å². The summed E-state index contributed by atoms with van der Waals surface area (Å²) in [6.07, 6.45) is 0. The van der Waals surface area contributed by atoms with E-state index in [1.165, 1.54) is 0 Å². The topological polar surface area (TPSA) is 41.1 Å². The lowest BCUT2D eigenvalue weighted by Gasteiger charge is -2.19. The van der Waals surface area contributed by atoms with Crippen LogP contribution in [-0.4, -0.2) is 17.0 Å². The van der Waals surface area contributed by atoms with E-state index in [0.717, 1.165) is 11.4 Å². The zero-order chi connectivity index (χ0) is 17.1. The van der Waals surface area contributed by atoms with Crippen LogP contribution >= 0.6 is 23.2 Å². The van der Waals surface area contributed by atoms with Crippen molar-refractivity contribution in [2.24, 2.45) is 0 Å². The summed E-state index contributed by atoms with van der Waals surface area (Å²) < 4.78 is 0. The van der Waals surface area contributed by atoms with Crippen LogP contribution in [0.1, 0.15) is 5.69 Å². The minimum absolute atomic E-state index is 0.539. The molecule has 122 valence electrons. The molecule has 0 unspecified atom stereocenters. The van der Waals surface area contributed by atoms with Gasteiger partial charge in [0.1, 0.15) is 5.82 Å². The van der Waals surface area contributed by atoms with Crippen LogP contribution in [0.4, 0.5) is 23.1 Å². The molecule has 0 atom stereocenters. The van der Waals surface area contributed by atoms with Crippen molar-refractivity contribution in [3.8, 4) is 0 Å². The van der Waals surface area contributed by atoms with Crippen molar-refractivity contribution in [1.29, 1.82) is 0 Å². The van der Waals surface area contributed by atoms with Crippen molar-refractivity contribution in [1.82, 2.24) is 9.97 Å². The van der Waals surface area contributed by atoms with Gasteiger partial charge in [-0.2, -0.15) is 4.98 Å². The molecular weight excluding hydrogens is 343 g/mol. The number of aryl methyl sites for hydroxylation is 1. The smallest absolute Gasteiger partial charge is 0.231 e. The summed E-state index contributed by atoms with van der Waals surface area (Å²) in [7, 11) is 1.93. The number of hydrogen-bond acceptors (Lipinski definition) is 4. The molecule has 3 rings (SSSR count). The third-order valence-corrected chi connectivity index (χ3v) is 4.13. The van der Waals surface area contributed by atoms with Crippen LogP contribution in [0, 0.1) is 6.92 Å². The van der Waals surface area contributed by atoms with Crippen LogP contribution < -0.4 is 10.2 Å². The first-order chi connectivity index (χ1) is 11.5. The highest BCUT2D eigenvalue weighted by Gasteiger charge is 2.11. The zero-order valence-electron chi connectivity index (χ0n) is 13.3. The fourth-order valence-corrected chi connectivity index (χ4v) is 2.77. The monoisotopic (exact) mass is 358 g/mol. The molecule has 0 saturated heterocycles. The van der Waals surface area contributed by atoms with E-state index in [9.17, 15) is 0 Å². The van der Waals surface area contributed by atoms with E-state index in [-0.39, 0.29) is 0 Å². The van der Waals surface area contributed by atoms with Crippen LogP contribution in [-0.2, 0) is 0 Å². The van der Waals surface area contributed by atoms with E-state index < -0.39 is 0 Å². The van der Waals surface area contributed by atoms with E-state index in [0.29, 0.717) is 27.5 Å². The van der Waals surface area contributed by atoms with Crippen LogP contribution in [0.25, 0.3) is 0 Å². The molecule has 3 aromatic rings. The third-order valence-electron chi connectivity index (χ3n) is 3.50. The summed E-state index contributed by atoms with van der Waals surface area (Å²) in [5.74, 6) is 1.22. The van der Waals surface area contributed by atoms with Gasteiger partial charge in [0.15, 0.2) is 0 Å². The fourth-order valence-electron chi connectivity index (χ4n) is 2.28. The first-order valence-electron chi connectivity index (χ1n) is 7.40. The second-order valence-corrected chi connectivity index (χ2v) is 6.13. The van der Waals surface area contributed by atoms with E-state index in [1.807, 2.05) is 55.3 Å². The summed E-state index contributed by atoms with van der Waals surface area (Å²) >= 11 is 12.4. The molecule has 24 heavy (non-hydrogen) atoms. The van der Waals surface area contributed by atoms with Crippen LogP contribution in [0.2, 0.25) is 10.0 Å². The van der Waals surface area contributed by atoms with Crippen molar-refractivity contribution < 1.29 is 0 Å². The molecule has 4 nitrogen and oxygen atoms in total. The molecule has 0 aliphatic rings. The molecule has 0 amide bonds. The molecule has 1 heterocycles. The van der Waals surface area contributed by atoms with Gasteiger partial charge in [-0.3, -0.25) is 0 Å². The van der Waals surface area contributed by atoms with Gasteiger partial charge in [-0.1, -0.05) is 47.5 Å². The quantitative estimate of drug-likeness (QED) is 0.658. The Morgan fingerprint density at radius 3 is 2.25 bits per heavy atom. The van der Waals surface area contributed by atoms with Gasteiger partial charge in [-0.05, 0) is 31.2 Å². The van der Waals surface area contributed by atoms with Crippen molar-refractivity contribution in [2.75, 3.05) is 17.3 Å². The number of anilines is 4. The highest BCUT2D eigenvalue weighted by Crippen LogP contribution is 2.32. The Labute approximate surface area is 151 Å². The average molecular weight is 359 g/mol. The second-order valence-electron chi connectivity index (χ2n) is 5.31. The first kappa shape index (κ1) is 16.6. The summed E-state index contributed by atoms with van der Waals surface area (Å²) in [5.41, 5.74) is 2.48. The van der Waals surface area contributed by atoms with Gasteiger partial charge < -0.3 is 10.2 Å². The minimum Gasteiger partial charge on any atom is -0.338 e. The summed E-state index contributed by atoms with van der Waals surface area (Å²) in [4.78, 5) is 11.0. The van der Waals surface area contributed by atoms with Gasteiger partial charge in [0.25, 0.3) is 0 Å². The Kier molecular flexibility index (Phi) is 4.88. The number of para-hydroxylation sites is 2. The van der Waals surface area contributed by atoms with Gasteiger partial charge in [0, 0.05) is 24.5 Å². The maximum Gasteiger partial charge on any atom is 0.231 e. The minimum atomic E-state index is 0.539. The van der Waals surface area contributed by atoms with E-state index >= 15 is 0 Å². The van der Waals surface area contributed by atoms with E-state index in [4.69, 9.17) is 23.2 Å². The molecule has 0 bridgehead atoms. The lowest BCUT2D eigenvalue weighted by atomic mass is 10.3. The van der Waals surface area contributed by atoms with Gasteiger partial charge in [-0.25, -0.2) is 4.98 Å². The summed E-state index contributed by atoms with van der Waals surface area (Å²) in [5, 5.41) is 4.26. The summed E-state index contributed by atoms with van der Waals surface area (Å²) in [6.45, 7) is 1.92. The molecule has 1 N–H and O–H groups in total. The molecule has 0 aliphatic carbocycles. The maximum atomic E-state index is 6.22. The Morgan fingerprint density at radius 2 is 1.58 bits per heavy atom. The Bertz CT molecular complexity index is 833. The number of halogens is 2. The number of aromatic nitrogens is 2. The van der Waals surface area contributed by atoms with Crippen molar-refractivity contribution in [2.45, 2.75) is 6.92 Å². The fraction of sp³-hybridized carbons (Fsp3) is 0.111. The highest BCUT2D eigenvalue weighted by atomic mass is 35.5. The number of hydrogen-bond donors (Lipinski definition) is 1. The Hall–Kier alpha value is -2.30. The molecule has 2 aromatic carbocycles. The molecule has 0 fully saturated rings. The van der Waals surface area contributed by atoms with Crippen molar-refractivity contribution in [3.05, 3.63) is 70.3 Å². The number of rotatable bonds is 4. The molecule has 1 aromatic heterocycles. The second kappa shape index (κ2) is 7.07. The molecule has 0 aliphatic heterocycles. The lowest BCUT2D eigenvalue weighted by Crippen LogP contribution is -2.14. The number of nitrogens with zero attached hydrogens (tertiary/aromatic N) is 3. The number of benzene rings is 2. The van der Waals surface area contributed by atoms with Gasteiger partial charge in [-0.15, -0.1) is 0 Å². The van der Waals surface area contributed by atoms with E-state index in [2.05, 4.69) is 15.3 Å². The van der Waals surface area contributed by atoms with Crippen LogP contribution in [0.3, 0.4) is 0 Å². The molecule has 0 radical (unpaired) electrons.